The van der Waals surface area contributed by atoms with Crippen LogP contribution in [0.3, 0.4) is 0 Å². The molecule has 0 unspecified atom stereocenters. The zero-order chi connectivity index (χ0) is 56.2. The minimum absolute atomic E-state index is 0.314. The summed E-state index contributed by atoms with van der Waals surface area (Å²) in [6, 6.07) is 0. The second kappa shape index (κ2) is 69.4. The average molecular weight is 1100 g/mol. The molecule has 0 atom stereocenters. The molecule has 0 aliphatic rings. The van der Waals surface area contributed by atoms with E-state index in [1.807, 2.05) is 0 Å². The molecule has 0 saturated carbocycles. The van der Waals surface area contributed by atoms with Gasteiger partial charge in [0, 0.05) is 25.9 Å². The van der Waals surface area contributed by atoms with Crippen LogP contribution in [0.25, 0.3) is 0 Å². The number of nitrogens with zero attached hydrogens (tertiary/aromatic N) is 1. The first kappa shape index (κ1) is 76.1. The number of rotatable bonds is 69. The summed E-state index contributed by atoms with van der Waals surface area (Å²) in [7, 11) is 0. The van der Waals surface area contributed by atoms with Gasteiger partial charge in [0.25, 0.3) is 0 Å². The maximum atomic E-state index is 5.67. The van der Waals surface area contributed by atoms with Gasteiger partial charge in [-0.25, -0.2) is 9.78 Å². The molecule has 78 heavy (non-hydrogen) atoms. The molecule has 7 nitrogen and oxygen atoms in total. The van der Waals surface area contributed by atoms with Gasteiger partial charge < -0.3 is 9.78 Å². The summed E-state index contributed by atoms with van der Waals surface area (Å²) < 4.78 is 0. The van der Waals surface area contributed by atoms with E-state index in [2.05, 4.69) is 75.3 Å². The molecule has 0 amide bonds. The zero-order valence-corrected chi connectivity index (χ0v) is 52.8. The molecular weight excluding hydrogens is 963 g/mol. The Bertz CT molecular complexity index is 1180. The predicted molar refractivity (Wildman–Crippen MR) is 340 cm³/mol. The smallest absolute Gasteiger partial charge is 0.135 e. The zero-order valence-electron chi connectivity index (χ0n) is 52.8. The maximum Gasteiger partial charge on any atom is 0.135 e. The van der Waals surface area contributed by atoms with Gasteiger partial charge in [0.2, 0.25) is 0 Å². The van der Waals surface area contributed by atoms with Gasteiger partial charge in [-0.1, -0.05) is 295 Å². The lowest BCUT2D eigenvalue weighted by atomic mass is 10.1. The third-order valence-corrected chi connectivity index (χ3v) is 15.3. The Morgan fingerprint density at radius 3 is 0.795 bits per heavy atom. The van der Waals surface area contributed by atoms with Crippen LogP contribution in [0.4, 0.5) is 0 Å². The molecule has 0 heterocycles. The van der Waals surface area contributed by atoms with Crippen molar-refractivity contribution >= 4 is 0 Å². The van der Waals surface area contributed by atoms with E-state index < -0.39 is 0 Å². The normalized spacial score (nSPS) is 11.9. The summed E-state index contributed by atoms with van der Waals surface area (Å²) in [5, 5.41) is 0. The highest BCUT2D eigenvalue weighted by Crippen LogP contribution is 2.17. The number of hydrogen-bond donors (Lipinski definition) is 0. The highest BCUT2D eigenvalue weighted by molar-refractivity contribution is 4.84. The molecule has 0 bridgehead atoms. The molecule has 0 saturated heterocycles. The van der Waals surface area contributed by atoms with E-state index in [0.717, 1.165) is 32.1 Å². The predicted octanol–water partition coefficient (Wildman–Crippen LogP) is 24.1. The van der Waals surface area contributed by atoms with Gasteiger partial charge in [0.05, 0.1) is 6.61 Å². The van der Waals surface area contributed by atoms with Gasteiger partial charge >= 0.3 is 0 Å². The third kappa shape index (κ3) is 66.6. The van der Waals surface area contributed by atoms with Crippen LogP contribution in [0, 0.1) is 0 Å². The molecule has 0 aromatic heterocycles. The van der Waals surface area contributed by atoms with Crippen LogP contribution in [-0.2, 0) is 29.3 Å². The standard InChI is InChI=1S/C71H135NO6/c1-6-9-12-15-18-21-24-27-30-33-36-37-40-43-46-49-52-55-58-61-66-73-76-69-72(64-67-74-77-70(4)62-59-56-53-50-47-44-41-38-34-31-28-25-22-19-16-13-10-7-2)65-68-75-78-71(5)63-60-57-54-51-48-45-42-39-35-32-29-26-23-20-17-14-11-8-3/h33-36,38-39H,4-32,37,40-69H2,1-3H3. The summed E-state index contributed by atoms with van der Waals surface area (Å²) >= 11 is 0. The van der Waals surface area contributed by atoms with Crippen LogP contribution < -0.4 is 0 Å². The summed E-state index contributed by atoms with van der Waals surface area (Å²) in [6.07, 6.45) is 82.2. The van der Waals surface area contributed by atoms with E-state index in [4.69, 9.17) is 29.3 Å². The van der Waals surface area contributed by atoms with Crippen LogP contribution in [0.2, 0.25) is 0 Å². The second-order valence-electron chi connectivity index (χ2n) is 23.2. The highest BCUT2D eigenvalue weighted by Gasteiger charge is 2.09. The minimum Gasteiger partial charge on any atom is -0.343 e. The van der Waals surface area contributed by atoms with Crippen LogP contribution in [0.15, 0.2) is 61.1 Å². The molecular formula is C71H135NO6. The molecule has 7 heteroatoms. The van der Waals surface area contributed by atoms with Gasteiger partial charge in [-0.2, -0.15) is 9.78 Å². The molecule has 460 valence electrons. The quantitative estimate of drug-likeness (QED) is 0.0150. The second-order valence-corrected chi connectivity index (χ2v) is 23.2. The van der Waals surface area contributed by atoms with E-state index in [9.17, 15) is 0 Å². The van der Waals surface area contributed by atoms with Gasteiger partial charge in [-0.15, -0.1) is 0 Å². The van der Waals surface area contributed by atoms with Crippen molar-refractivity contribution in [1.29, 1.82) is 0 Å². The maximum absolute atomic E-state index is 5.67. The van der Waals surface area contributed by atoms with Crippen molar-refractivity contribution in [3.05, 3.63) is 61.1 Å². The lowest BCUT2D eigenvalue weighted by molar-refractivity contribution is -0.323. The summed E-state index contributed by atoms with van der Waals surface area (Å²) in [5.41, 5.74) is 0. The van der Waals surface area contributed by atoms with E-state index in [-0.39, 0.29) is 0 Å². The first-order valence-corrected chi connectivity index (χ1v) is 34.5. The Morgan fingerprint density at radius 1 is 0.269 bits per heavy atom. The topological polar surface area (TPSA) is 58.6 Å². The van der Waals surface area contributed by atoms with Crippen LogP contribution >= 0.6 is 0 Å². The Balaban J connectivity index is 4.23. The molecule has 0 aliphatic carbocycles. The van der Waals surface area contributed by atoms with Crippen LogP contribution in [-0.4, -0.2) is 44.5 Å². The van der Waals surface area contributed by atoms with Crippen molar-refractivity contribution in [3.8, 4) is 0 Å². The van der Waals surface area contributed by atoms with E-state index in [0.29, 0.717) is 51.2 Å². The van der Waals surface area contributed by atoms with E-state index in [1.165, 1.54) is 302 Å². The Hall–Kier alpha value is -1.90. The molecule has 0 rings (SSSR count). The highest BCUT2D eigenvalue weighted by atomic mass is 17.2. The summed E-state index contributed by atoms with van der Waals surface area (Å²) in [4.78, 5) is 35.7. The first-order valence-electron chi connectivity index (χ1n) is 34.5. The third-order valence-electron chi connectivity index (χ3n) is 15.3. The number of hydrogen-bond acceptors (Lipinski definition) is 7. The first-order chi connectivity index (χ1) is 38.6. The largest absolute Gasteiger partial charge is 0.343 e. The van der Waals surface area contributed by atoms with Crippen LogP contribution in [0.5, 0.6) is 0 Å². The van der Waals surface area contributed by atoms with Crippen molar-refractivity contribution in [1.82, 2.24) is 4.90 Å². The molecule has 0 N–H and O–H groups in total. The van der Waals surface area contributed by atoms with Crippen molar-refractivity contribution < 1.29 is 29.3 Å². The molecule has 0 aromatic rings. The summed E-state index contributed by atoms with van der Waals surface area (Å²) in [6.45, 7) is 18.0. The molecule has 0 spiro atoms. The Kier molecular flexibility index (Phi) is 67.7. The Morgan fingerprint density at radius 2 is 0.513 bits per heavy atom. The lowest BCUT2D eigenvalue weighted by Gasteiger charge is -2.21. The Labute approximate surface area is 487 Å². The molecule has 0 aliphatic heterocycles. The molecule has 0 radical (unpaired) electrons. The van der Waals surface area contributed by atoms with Gasteiger partial charge in [0.15, 0.2) is 0 Å². The van der Waals surface area contributed by atoms with Gasteiger partial charge in [-0.05, 0) is 96.3 Å². The lowest BCUT2D eigenvalue weighted by Crippen LogP contribution is -2.33. The molecule has 0 aromatic carbocycles. The minimum atomic E-state index is 0.314. The van der Waals surface area contributed by atoms with Crippen molar-refractivity contribution in [2.45, 2.75) is 355 Å². The fraction of sp³-hybridized carbons (Fsp3) is 0.859. The monoisotopic (exact) mass is 1100 g/mol. The van der Waals surface area contributed by atoms with Crippen molar-refractivity contribution in [2.75, 3.05) is 39.6 Å². The number of unbranched alkanes of at least 4 members (excludes halogenated alkanes) is 44. The fourth-order valence-electron chi connectivity index (χ4n) is 10.0. The van der Waals surface area contributed by atoms with E-state index in [1.54, 1.807) is 0 Å². The van der Waals surface area contributed by atoms with Crippen molar-refractivity contribution in [2.24, 2.45) is 0 Å². The fourth-order valence-corrected chi connectivity index (χ4v) is 10.0. The van der Waals surface area contributed by atoms with E-state index >= 15 is 0 Å². The SMILES string of the molecule is C=C(CCCCCCCCC=CCCCCCCCCCC)OOCCN(CCOOC(=C)CCCCCCCCC=CCCCCCCCCCC)COOCCCCCCCCCCC=CCCCCCCCCCC. The number of allylic oxidation sites excluding steroid dienone is 8. The van der Waals surface area contributed by atoms with Gasteiger partial charge in [-0.3, -0.25) is 4.90 Å². The molecule has 0 fully saturated rings. The average Bonchev–Trinajstić information content (AvgIpc) is 3.44. The van der Waals surface area contributed by atoms with Gasteiger partial charge in [0.1, 0.15) is 31.5 Å². The van der Waals surface area contributed by atoms with Crippen molar-refractivity contribution in [3.63, 3.8) is 0 Å². The summed E-state index contributed by atoms with van der Waals surface area (Å²) in [5.74, 6) is 1.38. The van der Waals surface area contributed by atoms with Crippen LogP contribution in [0.1, 0.15) is 355 Å².